The summed E-state index contributed by atoms with van der Waals surface area (Å²) in [6.07, 6.45) is 0. The van der Waals surface area contributed by atoms with Crippen molar-refractivity contribution in [3.05, 3.63) is 27.9 Å². The van der Waals surface area contributed by atoms with Gasteiger partial charge in [0.1, 0.15) is 12.5 Å². The van der Waals surface area contributed by atoms with E-state index in [1.54, 1.807) is 14.2 Å². The number of fused-ring (bicyclic) bond motifs is 1. The van der Waals surface area contributed by atoms with Crippen LogP contribution in [0.3, 0.4) is 0 Å². The van der Waals surface area contributed by atoms with Gasteiger partial charge in [-0.25, -0.2) is 0 Å². The lowest BCUT2D eigenvalue weighted by molar-refractivity contribution is -0.0328. The van der Waals surface area contributed by atoms with Crippen molar-refractivity contribution in [3.8, 4) is 5.75 Å². The molecule has 2 aromatic rings. The molecule has 0 spiro atoms. The maximum atomic E-state index is 5.59. The van der Waals surface area contributed by atoms with Gasteiger partial charge in [-0.2, -0.15) is 0 Å². The molecule has 0 unspecified atom stereocenters. The van der Waals surface area contributed by atoms with Crippen LogP contribution in [0.2, 0.25) is 0 Å². The second-order valence-corrected chi connectivity index (χ2v) is 5.45. The maximum Gasteiger partial charge on any atom is 0.146 e. The van der Waals surface area contributed by atoms with Crippen molar-refractivity contribution in [2.75, 3.05) is 27.6 Å². The molecule has 0 bridgehead atoms. The maximum absolute atomic E-state index is 5.59. The van der Waals surface area contributed by atoms with Crippen molar-refractivity contribution in [1.29, 1.82) is 0 Å². The molecule has 0 aliphatic rings. The molecule has 0 N–H and O–H groups in total. The second kappa shape index (κ2) is 6.61. The molecule has 0 aliphatic carbocycles. The van der Waals surface area contributed by atoms with E-state index in [2.05, 4.69) is 46.5 Å². The molecule has 0 amide bonds. The highest BCUT2D eigenvalue weighted by atomic mass is 79.9. The van der Waals surface area contributed by atoms with Crippen LogP contribution in [-0.2, 0) is 16.0 Å². The average molecular weight is 342 g/mol. The number of benzene rings is 1. The van der Waals surface area contributed by atoms with Gasteiger partial charge in [-0.1, -0.05) is 12.1 Å². The first-order chi connectivity index (χ1) is 9.61. The minimum atomic E-state index is 0.311. The topological polar surface area (TPSA) is 32.6 Å². The number of nitrogens with zero attached hydrogens (tertiary/aromatic N) is 1. The van der Waals surface area contributed by atoms with Crippen molar-refractivity contribution in [2.24, 2.45) is 0 Å². The molecule has 20 heavy (non-hydrogen) atoms. The van der Waals surface area contributed by atoms with Crippen LogP contribution in [-0.4, -0.2) is 32.2 Å². The Morgan fingerprint density at radius 1 is 1.20 bits per heavy atom. The normalized spacial score (nSPS) is 11.2. The number of ether oxygens (including phenoxy) is 3. The van der Waals surface area contributed by atoms with Gasteiger partial charge in [0, 0.05) is 19.0 Å². The summed E-state index contributed by atoms with van der Waals surface area (Å²) >= 11 is 3.67. The van der Waals surface area contributed by atoms with E-state index in [-0.39, 0.29) is 0 Å². The molecule has 0 saturated carbocycles. The van der Waals surface area contributed by atoms with E-state index in [1.165, 1.54) is 10.9 Å². The fourth-order valence-corrected chi connectivity index (χ4v) is 2.99. The van der Waals surface area contributed by atoms with E-state index in [9.17, 15) is 0 Å². The molecule has 2 rings (SSSR count). The molecule has 1 heterocycles. The summed E-state index contributed by atoms with van der Waals surface area (Å²) in [7, 11) is 3.33. The van der Waals surface area contributed by atoms with Gasteiger partial charge in [0.05, 0.1) is 23.8 Å². The predicted octanol–water partition coefficient (Wildman–Crippen LogP) is 3.65. The summed E-state index contributed by atoms with van der Waals surface area (Å²) in [5.74, 6) is 0.919. The summed E-state index contributed by atoms with van der Waals surface area (Å²) in [6.45, 7) is 5.81. The summed E-state index contributed by atoms with van der Waals surface area (Å²) in [5, 5.41) is 1.20. The van der Waals surface area contributed by atoms with Gasteiger partial charge in [0.15, 0.2) is 0 Å². The molecule has 4 nitrogen and oxygen atoms in total. The Morgan fingerprint density at radius 3 is 2.60 bits per heavy atom. The Bertz CT molecular complexity index is 607. The molecule has 0 saturated heterocycles. The van der Waals surface area contributed by atoms with Crippen LogP contribution in [0.5, 0.6) is 5.75 Å². The van der Waals surface area contributed by atoms with Crippen molar-refractivity contribution in [3.63, 3.8) is 0 Å². The molecule has 0 fully saturated rings. The molecule has 1 aromatic heterocycles. The molecule has 0 radical (unpaired) electrons. The number of rotatable bonds is 6. The van der Waals surface area contributed by atoms with Crippen LogP contribution >= 0.6 is 15.9 Å². The Balaban J connectivity index is 2.46. The van der Waals surface area contributed by atoms with Gasteiger partial charge < -0.3 is 18.8 Å². The van der Waals surface area contributed by atoms with Gasteiger partial charge in [0.25, 0.3) is 0 Å². The van der Waals surface area contributed by atoms with Crippen molar-refractivity contribution >= 4 is 26.8 Å². The largest absolute Gasteiger partial charge is 0.494 e. The highest BCUT2D eigenvalue weighted by Gasteiger charge is 2.17. The van der Waals surface area contributed by atoms with Crippen molar-refractivity contribution < 1.29 is 14.2 Å². The van der Waals surface area contributed by atoms with Gasteiger partial charge in [-0.3, -0.25) is 0 Å². The van der Waals surface area contributed by atoms with E-state index in [0.29, 0.717) is 13.4 Å². The van der Waals surface area contributed by atoms with E-state index in [4.69, 9.17) is 14.2 Å². The number of aromatic nitrogens is 1. The number of halogens is 1. The first kappa shape index (κ1) is 15.4. The van der Waals surface area contributed by atoms with Crippen molar-refractivity contribution in [1.82, 2.24) is 4.57 Å². The smallest absolute Gasteiger partial charge is 0.146 e. The Labute approximate surface area is 127 Å². The summed E-state index contributed by atoms with van der Waals surface area (Å²) in [4.78, 5) is 0. The first-order valence-corrected chi connectivity index (χ1v) is 7.29. The number of methoxy groups -OCH3 is 2. The summed E-state index contributed by atoms with van der Waals surface area (Å²) < 4.78 is 19.1. The highest BCUT2D eigenvalue weighted by Crippen LogP contribution is 2.37. The highest BCUT2D eigenvalue weighted by molar-refractivity contribution is 9.10. The average Bonchev–Trinajstić information content (AvgIpc) is 2.68. The van der Waals surface area contributed by atoms with Crippen LogP contribution in [0.15, 0.2) is 16.7 Å². The fraction of sp³-hybridized carbons (Fsp3) is 0.467. The monoisotopic (exact) mass is 341 g/mol. The molecule has 5 heteroatoms. The van der Waals surface area contributed by atoms with Gasteiger partial charge >= 0.3 is 0 Å². The van der Waals surface area contributed by atoms with Crippen LogP contribution in [0.4, 0.5) is 0 Å². The van der Waals surface area contributed by atoms with Crippen LogP contribution in [0.25, 0.3) is 10.9 Å². The molecule has 1 aromatic carbocycles. The lowest BCUT2D eigenvalue weighted by Crippen LogP contribution is -2.08. The summed E-state index contributed by atoms with van der Waals surface area (Å²) in [6, 6.07) is 4.23. The van der Waals surface area contributed by atoms with Gasteiger partial charge in [0.2, 0.25) is 0 Å². The van der Waals surface area contributed by atoms with E-state index in [1.807, 2.05) is 0 Å². The number of hydrogen-bond acceptors (Lipinski definition) is 3. The zero-order valence-corrected chi connectivity index (χ0v) is 13.9. The third-order valence-electron chi connectivity index (χ3n) is 3.41. The molecule has 0 aliphatic heterocycles. The lowest BCUT2D eigenvalue weighted by Gasteiger charge is -2.12. The van der Waals surface area contributed by atoms with Crippen LogP contribution in [0.1, 0.15) is 11.1 Å². The van der Waals surface area contributed by atoms with E-state index < -0.39 is 0 Å². The van der Waals surface area contributed by atoms with Crippen LogP contribution < -0.4 is 4.74 Å². The number of hydrogen-bond donors (Lipinski definition) is 0. The third kappa shape index (κ3) is 2.71. The minimum Gasteiger partial charge on any atom is -0.494 e. The Kier molecular flexibility index (Phi) is 5.07. The predicted molar refractivity (Wildman–Crippen MR) is 83.5 cm³/mol. The first-order valence-electron chi connectivity index (χ1n) is 6.50. The quantitative estimate of drug-likeness (QED) is 0.593. The second-order valence-electron chi connectivity index (χ2n) is 4.69. The van der Waals surface area contributed by atoms with E-state index in [0.717, 1.165) is 28.0 Å². The molecule has 0 atom stereocenters. The number of aryl methyl sites for hydroxylation is 2. The Morgan fingerprint density at radius 2 is 1.95 bits per heavy atom. The molecular formula is C15H20BrNO3. The minimum absolute atomic E-state index is 0.311. The lowest BCUT2D eigenvalue weighted by atomic mass is 10.1. The zero-order valence-electron chi connectivity index (χ0n) is 12.3. The van der Waals surface area contributed by atoms with E-state index >= 15 is 0 Å². The summed E-state index contributed by atoms with van der Waals surface area (Å²) in [5.41, 5.74) is 3.45. The fourth-order valence-electron chi connectivity index (χ4n) is 2.42. The van der Waals surface area contributed by atoms with Crippen LogP contribution in [0, 0.1) is 13.8 Å². The standard InChI is InChI=1S/C15H20BrNO3/c1-10-5-6-12-11(2)15(16)17(7-8-20-9-18-3)13(12)14(10)19-4/h5-6H,7-9H2,1-4H3. The molecule has 110 valence electrons. The zero-order chi connectivity index (χ0) is 14.7. The SMILES string of the molecule is COCOCCn1c(Br)c(C)c2ccc(C)c(OC)c21. The molecular weight excluding hydrogens is 322 g/mol. The van der Waals surface area contributed by atoms with Gasteiger partial charge in [-0.05, 0) is 40.9 Å². The third-order valence-corrected chi connectivity index (χ3v) is 4.44. The Hall–Kier alpha value is -1.04. The van der Waals surface area contributed by atoms with Crippen molar-refractivity contribution in [2.45, 2.75) is 20.4 Å². The van der Waals surface area contributed by atoms with Gasteiger partial charge in [-0.15, -0.1) is 0 Å².